The Morgan fingerprint density at radius 1 is 1.03 bits per heavy atom. The first-order chi connectivity index (χ1) is 14.0. The minimum atomic E-state index is -1.41. The highest BCUT2D eigenvalue weighted by Crippen LogP contribution is 2.32. The van der Waals surface area contributed by atoms with Crippen LogP contribution in [0, 0.1) is 6.92 Å². The van der Waals surface area contributed by atoms with Gasteiger partial charge in [-0.15, -0.1) is 0 Å². The minimum Gasteiger partial charge on any atom is -0.479 e. The van der Waals surface area contributed by atoms with Crippen LogP contribution in [0.15, 0.2) is 65.7 Å². The molecule has 1 aliphatic heterocycles. The molecule has 2 aromatic rings. The lowest BCUT2D eigenvalue weighted by molar-refractivity contribution is -0.146. The Hall–Kier alpha value is -2.43. The van der Waals surface area contributed by atoms with E-state index < -0.39 is 12.1 Å². The van der Waals surface area contributed by atoms with E-state index in [1.165, 1.54) is 56.2 Å². The Bertz CT molecular complexity index is 823. The Morgan fingerprint density at radius 2 is 1.72 bits per heavy atom. The van der Waals surface area contributed by atoms with E-state index in [-0.39, 0.29) is 0 Å². The quantitative estimate of drug-likeness (QED) is 0.665. The van der Waals surface area contributed by atoms with Crippen molar-refractivity contribution in [3.8, 4) is 0 Å². The van der Waals surface area contributed by atoms with Crippen molar-refractivity contribution in [2.45, 2.75) is 57.6 Å². The molecule has 2 aromatic carbocycles. The molecule has 0 bridgehead atoms. The summed E-state index contributed by atoms with van der Waals surface area (Å²) in [7, 11) is 0. The van der Waals surface area contributed by atoms with Gasteiger partial charge >= 0.3 is 5.97 Å². The summed E-state index contributed by atoms with van der Waals surface area (Å²) in [6.45, 7) is 3.33. The van der Waals surface area contributed by atoms with Gasteiger partial charge in [0, 0.05) is 6.04 Å². The molecular weight excluding hydrogens is 362 g/mol. The molecule has 4 heteroatoms. The number of rotatable bonds is 4. The fraction of sp³-hybridized carbons (Fsp3) is 0.400. The van der Waals surface area contributed by atoms with E-state index in [1.54, 1.807) is 41.5 Å². The Morgan fingerprint density at radius 3 is 2.41 bits per heavy atom. The van der Waals surface area contributed by atoms with Crippen LogP contribution in [-0.2, 0) is 11.2 Å². The third kappa shape index (κ3) is 6.02. The summed E-state index contributed by atoms with van der Waals surface area (Å²) in [6.07, 6.45) is 6.55. The van der Waals surface area contributed by atoms with Crippen molar-refractivity contribution < 1.29 is 15.0 Å². The smallest absolute Gasteiger partial charge is 0.337 e. The first-order valence-corrected chi connectivity index (χ1v) is 10.5. The maximum absolute atomic E-state index is 10.2. The number of benzene rings is 2. The molecule has 3 N–H and O–H groups in total. The highest BCUT2D eigenvalue weighted by atomic mass is 16.4. The van der Waals surface area contributed by atoms with E-state index >= 15 is 0 Å². The monoisotopic (exact) mass is 393 g/mol. The number of hydrogen-bond acceptors (Lipinski definition) is 3. The summed E-state index contributed by atoms with van der Waals surface area (Å²) in [4.78, 5) is 10.2. The van der Waals surface area contributed by atoms with Crippen LogP contribution in [0.1, 0.15) is 54.9 Å². The Balaban J connectivity index is 0.000000188. The predicted octanol–water partition coefficient (Wildman–Crippen LogP) is 4.57. The molecule has 29 heavy (non-hydrogen) atoms. The van der Waals surface area contributed by atoms with Crippen molar-refractivity contribution in [2.24, 2.45) is 0 Å². The van der Waals surface area contributed by atoms with Gasteiger partial charge in [-0.3, -0.25) is 0 Å². The molecular formula is C25H31NO3. The number of aliphatic hydroxyl groups is 1. The maximum Gasteiger partial charge on any atom is 0.337 e. The van der Waals surface area contributed by atoms with Crippen LogP contribution in [0.3, 0.4) is 0 Å². The van der Waals surface area contributed by atoms with Crippen LogP contribution in [0.4, 0.5) is 0 Å². The van der Waals surface area contributed by atoms with Crippen LogP contribution in [-0.4, -0.2) is 28.8 Å². The summed E-state index contributed by atoms with van der Waals surface area (Å²) in [5.41, 5.74) is 6.75. The molecule has 0 spiro atoms. The molecule has 2 atom stereocenters. The molecule has 0 fully saturated rings. The average Bonchev–Trinajstić information content (AvgIpc) is 2.76. The fourth-order valence-electron chi connectivity index (χ4n) is 4.15. The number of aliphatic carboxylic acids is 1. The first kappa shape index (κ1) is 21.3. The molecule has 0 radical (unpaired) electrons. The van der Waals surface area contributed by atoms with Crippen LogP contribution in [0.5, 0.6) is 0 Å². The highest BCUT2D eigenvalue weighted by molar-refractivity contribution is 5.73. The molecule has 0 amide bonds. The summed E-state index contributed by atoms with van der Waals surface area (Å²) in [6, 6.07) is 17.9. The summed E-state index contributed by atoms with van der Waals surface area (Å²) < 4.78 is 0. The van der Waals surface area contributed by atoms with Crippen LogP contribution >= 0.6 is 0 Å². The number of hydrogen-bond donors (Lipinski definition) is 3. The minimum absolute atomic E-state index is 0.403. The molecule has 0 saturated carbocycles. The van der Waals surface area contributed by atoms with E-state index in [2.05, 4.69) is 36.5 Å². The average molecular weight is 394 g/mol. The van der Waals surface area contributed by atoms with Gasteiger partial charge in [0.1, 0.15) is 0 Å². The van der Waals surface area contributed by atoms with Gasteiger partial charge in [0.15, 0.2) is 6.10 Å². The van der Waals surface area contributed by atoms with Crippen molar-refractivity contribution in [1.29, 1.82) is 0 Å². The Labute approximate surface area is 173 Å². The van der Waals surface area contributed by atoms with Crippen molar-refractivity contribution in [2.75, 3.05) is 6.54 Å². The van der Waals surface area contributed by atoms with Gasteiger partial charge in [-0.05, 0) is 63.1 Å². The molecule has 4 nitrogen and oxygen atoms in total. The highest BCUT2D eigenvalue weighted by Gasteiger charge is 2.24. The van der Waals surface area contributed by atoms with Crippen molar-refractivity contribution in [3.63, 3.8) is 0 Å². The Kier molecular flexibility index (Phi) is 7.62. The second-order valence-corrected chi connectivity index (χ2v) is 7.93. The zero-order chi connectivity index (χ0) is 20.6. The van der Waals surface area contributed by atoms with E-state index in [0.29, 0.717) is 11.6 Å². The molecule has 0 saturated heterocycles. The summed E-state index contributed by atoms with van der Waals surface area (Å²) in [5.74, 6) is -1.23. The zero-order valence-corrected chi connectivity index (χ0v) is 17.1. The molecule has 154 valence electrons. The number of aliphatic hydroxyl groups excluding tert-OH is 1. The summed E-state index contributed by atoms with van der Waals surface area (Å²) in [5, 5.41) is 21.1. The summed E-state index contributed by atoms with van der Waals surface area (Å²) >= 11 is 0. The molecule has 1 aliphatic carbocycles. The second-order valence-electron chi connectivity index (χ2n) is 7.93. The second kappa shape index (κ2) is 10.4. The molecule has 1 heterocycles. The maximum atomic E-state index is 10.2. The van der Waals surface area contributed by atoms with Gasteiger partial charge in [0.05, 0.1) is 0 Å². The molecule has 1 unspecified atom stereocenters. The van der Waals surface area contributed by atoms with E-state index in [4.69, 9.17) is 10.2 Å². The van der Waals surface area contributed by atoms with Gasteiger partial charge in [-0.1, -0.05) is 71.3 Å². The first-order valence-electron chi connectivity index (χ1n) is 10.5. The lowest BCUT2D eigenvalue weighted by Crippen LogP contribution is -2.39. The van der Waals surface area contributed by atoms with Crippen molar-refractivity contribution >= 4 is 5.97 Å². The predicted molar refractivity (Wildman–Crippen MR) is 116 cm³/mol. The fourth-order valence-corrected chi connectivity index (χ4v) is 4.15. The number of carboxylic acid groups (broad SMARTS) is 1. The SMILES string of the molecule is Cc1ccc(C[C@@H]2NCCC3=C2CCCC3)cc1.O=C(O)C(O)c1ccccc1. The largest absolute Gasteiger partial charge is 0.479 e. The molecule has 4 rings (SSSR count). The zero-order valence-electron chi connectivity index (χ0n) is 17.1. The number of nitrogens with one attached hydrogen (secondary N) is 1. The molecule has 2 aliphatic rings. The van der Waals surface area contributed by atoms with Crippen LogP contribution < -0.4 is 5.32 Å². The van der Waals surface area contributed by atoms with E-state index in [1.807, 2.05) is 0 Å². The van der Waals surface area contributed by atoms with Gasteiger partial charge < -0.3 is 15.5 Å². The van der Waals surface area contributed by atoms with Gasteiger partial charge in [0.25, 0.3) is 0 Å². The lowest BCUT2D eigenvalue weighted by Gasteiger charge is -2.33. The third-order valence-electron chi connectivity index (χ3n) is 5.78. The van der Waals surface area contributed by atoms with Crippen molar-refractivity contribution in [1.82, 2.24) is 5.32 Å². The topological polar surface area (TPSA) is 69.6 Å². The third-order valence-corrected chi connectivity index (χ3v) is 5.78. The normalized spacial score (nSPS) is 19.6. The van der Waals surface area contributed by atoms with Gasteiger partial charge in [0.2, 0.25) is 0 Å². The van der Waals surface area contributed by atoms with Crippen LogP contribution in [0.25, 0.3) is 0 Å². The number of carbonyl (C=O) groups is 1. The van der Waals surface area contributed by atoms with Gasteiger partial charge in [-0.25, -0.2) is 4.79 Å². The standard InChI is InChI=1S/C17H23N.C8H8O3/c1-13-6-8-14(9-7-13)12-17-16-5-3-2-4-15(16)10-11-18-17;9-7(8(10)11)6-4-2-1-3-5-6/h6-9,17-18H,2-5,10-12H2,1H3;1-5,7,9H,(H,10,11)/t17-;/m0./s1. The lowest BCUT2D eigenvalue weighted by atomic mass is 9.81. The molecule has 0 aromatic heterocycles. The van der Waals surface area contributed by atoms with Crippen LogP contribution in [0.2, 0.25) is 0 Å². The van der Waals surface area contributed by atoms with E-state index in [0.717, 1.165) is 0 Å². The number of aryl methyl sites for hydroxylation is 1. The van der Waals surface area contributed by atoms with Gasteiger partial charge in [-0.2, -0.15) is 0 Å². The van der Waals surface area contributed by atoms with E-state index in [9.17, 15) is 4.79 Å². The number of carboxylic acids is 1. The van der Waals surface area contributed by atoms with Crippen molar-refractivity contribution in [3.05, 3.63) is 82.4 Å².